The van der Waals surface area contributed by atoms with Gasteiger partial charge in [0.1, 0.15) is 6.10 Å². The number of hydrogen-bond donors (Lipinski definition) is 0. The first-order chi connectivity index (χ1) is 8.08. The van der Waals surface area contributed by atoms with Crippen molar-refractivity contribution in [2.24, 2.45) is 11.3 Å². The van der Waals surface area contributed by atoms with Crippen molar-refractivity contribution in [2.45, 2.75) is 58.7 Å². The summed E-state index contributed by atoms with van der Waals surface area (Å²) in [5.74, 6) is 0.572. The Morgan fingerprint density at radius 2 is 1.67 bits per heavy atom. The highest BCUT2D eigenvalue weighted by Crippen LogP contribution is 2.38. The number of rotatable bonds is 2. The van der Waals surface area contributed by atoms with Crippen LogP contribution in [0.2, 0.25) is 0 Å². The van der Waals surface area contributed by atoms with Crippen LogP contribution in [0.1, 0.15) is 46.5 Å². The van der Waals surface area contributed by atoms with E-state index in [1.54, 1.807) is 0 Å². The van der Waals surface area contributed by atoms with Crippen LogP contribution in [0.25, 0.3) is 0 Å². The standard InChI is InChI=1S/C13H21F2O3/c1-12(2,3)9-5-7-10(8-6-9)17-11(16)18-13(4,14)15/h9-10H,4-8H2,1-3H3. The molecule has 0 aromatic carbocycles. The lowest BCUT2D eigenvalue weighted by Gasteiger charge is -2.36. The molecule has 0 unspecified atom stereocenters. The Morgan fingerprint density at radius 3 is 2.06 bits per heavy atom. The summed E-state index contributed by atoms with van der Waals surface area (Å²) in [6.45, 7) is 8.92. The van der Waals surface area contributed by atoms with Gasteiger partial charge >= 0.3 is 12.3 Å². The predicted molar refractivity (Wildman–Crippen MR) is 63.1 cm³/mol. The zero-order chi connectivity index (χ0) is 14.0. The maximum Gasteiger partial charge on any atom is 0.513 e. The molecule has 5 heteroatoms. The van der Waals surface area contributed by atoms with Crippen molar-refractivity contribution in [2.75, 3.05) is 0 Å². The summed E-state index contributed by atoms with van der Waals surface area (Å²) in [5, 5.41) is 0. The van der Waals surface area contributed by atoms with E-state index in [2.05, 4.69) is 32.4 Å². The van der Waals surface area contributed by atoms with Gasteiger partial charge in [0.25, 0.3) is 0 Å². The molecule has 0 atom stereocenters. The third kappa shape index (κ3) is 5.19. The van der Waals surface area contributed by atoms with E-state index in [1.807, 2.05) is 0 Å². The van der Waals surface area contributed by atoms with Gasteiger partial charge in [-0.1, -0.05) is 20.8 Å². The Hall–Kier alpha value is -0.870. The molecule has 1 rings (SSSR count). The zero-order valence-electron chi connectivity index (χ0n) is 11.2. The maximum absolute atomic E-state index is 12.3. The Labute approximate surface area is 107 Å². The van der Waals surface area contributed by atoms with Crippen LogP contribution in [0.15, 0.2) is 0 Å². The number of alkyl halides is 2. The smallest absolute Gasteiger partial charge is 0.431 e. The highest BCUT2D eigenvalue weighted by atomic mass is 19.3. The highest BCUT2D eigenvalue weighted by Gasteiger charge is 2.33. The summed E-state index contributed by atoms with van der Waals surface area (Å²) in [4.78, 5) is 11.0. The van der Waals surface area contributed by atoms with Crippen LogP contribution in [0.4, 0.5) is 13.6 Å². The number of carbonyl (C=O) groups is 1. The van der Waals surface area contributed by atoms with E-state index in [-0.39, 0.29) is 11.5 Å². The molecule has 1 fully saturated rings. The number of hydrogen-bond acceptors (Lipinski definition) is 3. The summed E-state index contributed by atoms with van der Waals surface area (Å²) in [6, 6.07) is 0. The van der Waals surface area contributed by atoms with Gasteiger partial charge < -0.3 is 9.47 Å². The van der Waals surface area contributed by atoms with Gasteiger partial charge in [-0.3, -0.25) is 0 Å². The quantitative estimate of drug-likeness (QED) is 0.701. The Balaban J connectivity index is 2.34. The second-order valence-corrected chi connectivity index (χ2v) is 5.95. The number of ether oxygens (including phenoxy) is 2. The lowest BCUT2D eigenvalue weighted by molar-refractivity contribution is -0.180. The molecule has 1 radical (unpaired) electrons. The summed E-state index contributed by atoms with van der Waals surface area (Å²) >= 11 is 0. The third-order valence-electron chi connectivity index (χ3n) is 3.39. The normalized spacial score (nSPS) is 25.7. The van der Waals surface area contributed by atoms with Crippen molar-refractivity contribution in [3.8, 4) is 0 Å². The largest absolute Gasteiger partial charge is 0.513 e. The molecular weight excluding hydrogens is 242 g/mol. The van der Waals surface area contributed by atoms with Crippen LogP contribution >= 0.6 is 0 Å². The topological polar surface area (TPSA) is 35.5 Å². The van der Waals surface area contributed by atoms with Crippen molar-refractivity contribution in [1.29, 1.82) is 0 Å². The first kappa shape index (κ1) is 15.2. The van der Waals surface area contributed by atoms with Crippen molar-refractivity contribution in [3.63, 3.8) is 0 Å². The van der Waals surface area contributed by atoms with Crippen LogP contribution in [0.5, 0.6) is 0 Å². The van der Waals surface area contributed by atoms with Gasteiger partial charge in [-0.25, -0.2) is 4.79 Å². The molecule has 0 aromatic heterocycles. The van der Waals surface area contributed by atoms with Crippen molar-refractivity contribution in [1.82, 2.24) is 0 Å². The van der Waals surface area contributed by atoms with E-state index in [9.17, 15) is 13.6 Å². The van der Waals surface area contributed by atoms with Crippen molar-refractivity contribution >= 4 is 6.16 Å². The lowest BCUT2D eigenvalue weighted by atomic mass is 9.72. The van der Waals surface area contributed by atoms with E-state index in [0.717, 1.165) is 12.8 Å². The first-order valence-electron chi connectivity index (χ1n) is 6.21. The zero-order valence-corrected chi connectivity index (χ0v) is 11.2. The fourth-order valence-corrected chi connectivity index (χ4v) is 2.33. The summed E-state index contributed by atoms with van der Waals surface area (Å²) in [6.07, 6.45) is -2.13. The van der Waals surface area contributed by atoms with Crippen molar-refractivity contribution < 1.29 is 23.0 Å². The lowest BCUT2D eigenvalue weighted by Crippen LogP contribution is -2.32. The minimum Gasteiger partial charge on any atom is -0.431 e. The first-order valence-corrected chi connectivity index (χ1v) is 6.21. The van der Waals surface area contributed by atoms with Gasteiger partial charge in [0.2, 0.25) is 0 Å². The molecule has 0 spiro atoms. The van der Waals surface area contributed by atoms with Gasteiger partial charge in [0.05, 0.1) is 6.92 Å². The molecule has 105 valence electrons. The SMILES string of the molecule is [CH2]C(F)(F)OC(=O)OC1CCC(C(C)(C)C)CC1. The molecule has 0 heterocycles. The molecule has 0 bridgehead atoms. The minimum atomic E-state index is -3.72. The van der Waals surface area contributed by atoms with Gasteiger partial charge in [-0.2, -0.15) is 8.78 Å². The Kier molecular flexibility index (Phi) is 4.56. The van der Waals surface area contributed by atoms with E-state index in [4.69, 9.17) is 4.74 Å². The van der Waals surface area contributed by atoms with Crippen LogP contribution in [-0.2, 0) is 9.47 Å². The van der Waals surface area contributed by atoms with Gasteiger partial charge in [-0.05, 0) is 37.0 Å². The monoisotopic (exact) mass is 263 g/mol. The number of halogens is 2. The van der Waals surface area contributed by atoms with Crippen LogP contribution in [-0.4, -0.2) is 18.4 Å². The summed E-state index contributed by atoms with van der Waals surface area (Å²) < 4.78 is 33.2. The summed E-state index contributed by atoms with van der Waals surface area (Å²) in [5.41, 5.74) is 0.228. The molecule has 0 amide bonds. The molecule has 0 aromatic rings. The second kappa shape index (κ2) is 5.41. The molecule has 0 aliphatic heterocycles. The van der Waals surface area contributed by atoms with E-state index in [1.165, 1.54) is 0 Å². The minimum absolute atomic E-state index is 0.228. The maximum atomic E-state index is 12.3. The second-order valence-electron chi connectivity index (χ2n) is 5.95. The van der Waals surface area contributed by atoms with Gasteiger partial charge in [0.15, 0.2) is 0 Å². The third-order valence-corrected chi connectivity index (χ3v) is 3.39. The summed E-state index contributed by atoms with van der Waals surface area (Å²) in [7, 11) is 0. The van der Waals surface area contributed by atoms with E-state index < -0.39 is 12.3 Å². The molecule has 0 N–H and O–H groups in total. The molecule has 1 saturated carbocycles. The molecule has 3 nitrogen and oxygen atoms in total. The molecular formula is C13H21F2O3. The predicted octanol–water partition coefficient (Wildman–Crippen LogP) is 4.17. The number of carbonyl (C=O) groups excluding carboxylic acids is 1. The molecule has 1 aliphatic carbocycles. The Bertz CT molecular complexity index is 284. The highest BCUT2D eigenvalue weighted by molar-refractivity contribution is 5.60. The van der Waals surface area contributed by atoms with Gasteiger partial charge in [0, 0.05) is 0 Å². The average Bonchev–Trinajstić information content (AvgIpc) is 2.13. The average molecular weight is 263 g/mol. The van der Waals surface area contributed by atoms with Crippen LogP contribution in [0, 0.1) is 18.3 Å². The van der Waals surface area contributed by atoms with Crippen molar-refractivity contribution in [3.05, 3.63) is 6.92 Å². The fourth-order valence-electron chi connectivity index (χ4n) is 2.33. The van der Waals surface area contributed by atoms with Crippen LogP contribution in [0.3, 0.4) is 0 Å². The van der Waals surface area contributed by atoms with E-state index >= 15 is 0 Å². The Morgan fingerprint density at radius 1 is 1.17 bits per heavy atom. The fraction of sp³-hybridized carbons (Fsp3) is 0.846. The molecule has 0 saturated heterocycles. The van der Waals surface area contributed by atoms with E-state index in [0.29, 0.717) is 18.8 Å². The molecule has 1 aliphatic rings. The molecule has 18 heavy (non-hydrogen) atoms. The van der Waals surface area contributed by atoms with Crippen LogP contribution < -0.4 is 0 Å². The van der Waals surface area contributed by atoms with Gasteiger partial charge in [-0.15, -0.1) is 0 Å².